The monoisotopic (exact) mass is 618 g/mol. The number of carbonyl (C=O) groups is 1. The van der Waals surface area contributed by atoms with Crippen LogP contribution in [0, 0.1) is 5.82 Å². The third kappa shape index (κ3) is 5.75. The molecule has 198 valence electrons. The van der Waals surface area contributed by atoms with Crippen LogP contribution in [0.5, 0.6) is 0 Å². The first-order valence-corrected chi connectivity index (χ1v) is 15.0. The van der Waals surface area contributed by atoms with Crippen molar-refractivity contribution in [1.82, 2.24) is 5.32 Å². The minimum absolute atomic E-state index is 0.0642. The molecule has 5 rings (SSSR count). The fourth-order valence-electron chi connectivity index (χ4n) is 4.52. The topological polar surface area (TPSA) is 88.4 Å². The first kappa shape index (κ1) is 26.7. The van der Waals surface area contributed by atoms with Crippen LogP contribution in [0.2, 0.25) is 5.02 Å². The Hall–Kier alpha value is -2.88. The van der Waals surface area contributed by atoms with E-state index in [1.54, 1.807) is 18.2 Å². The van der Waals surface area contributed by atoms with E-state index in [4.69, 9.17) is 16.0 Å². The zero-order valence-electron chi connectivity index (χ0n) is 20.5. The highest BCUT2D eigenvalue weighted by Crippen LogP contribution is 2.47. The molecule has 1 aliphatic rings. The average Bonchev–Trinajstić information content (AvgIpc) is 3.66. The van der Waals surface area contributed by atoms with Crippen LogP contribution in [-0.4, -0.2) is 27.1 Å². The highest BCUT2D eigenvalue weighted by Gasteiger charge is 2.30. The van der Waals surface area contributed by atoms with Gasteiger partial charge >= 0.3 is 0 Å². The molecule has 0 radical (unpaired) electrons. The smallest absolute Gasteiger partial charge is 0.255 e. The molecule has 0 bridgehead atoms. The third-order valence-corrected chi connectivity index (χ3v) is 9.16. The van der Waals surface area contributed by atoms with Gasteiger partial charge in [-0.25, -0.2) is 12.8 Å². The molecule has 2 N–H and O–H groups in total. The Morgan fingerprint density at radius 1 is 1.13 bits per heavy atom. The number of hydrogen-bond donors (Lipinski definition) is 2. The number of furan rings is 1. The molecule has 1 fully saturated rings. The van der Waals surface area contributed by atoms with Gasteiger partial charge in [-0.15, -0.1) is 0 Å². The van der Waals surface area contributed by atoms with Crippen LogP contribution in [0.25, 0.3) is 22.3 Å². The fourth-order valence-corrected chi connectivity index (χ4v) is 6.10. The number of benzene rings is 3. The Balaban J connectivity index is 1.46. The van der Waals surface area contributed by atoms with E-state index < -0.39 is 15.8 Å². The molecule has 0 aliphatic heterocycles. The highest BCUT2D eigenvalue weighted by atomic mass is 79.9. The number of anilines is 1. The molecule has 1 saturated carbocycles. The summed E-state index contributed by atoms with van der Waals surface area (Å²) in [4.78, 5) is 12.9. The lowest BCUT2D eigenvalue weighted by molar-refractivity contribution is 0.0964. The van der Waals surface area contributed by atoms with Gasteiger partial charge in [-0.2, -0.15) is 0 Å². The lowest BCUT2D eigenvalue weighted by Gasteiger charge is -2.13. The van der Waals surface area contributed by atoms with Gasteiger partial charge in [0.1, 0.15) is 17.2 Å². The van der Waals surface area contributed by atoms with Crippen LogP contribution in [0.15, 0.2) is 63.5 Å². The Labute approximate surface area is 233 Å². The molecular formula is C28H25BrClFN2O4S. The lowest BCUT2D eigenvalue weighted by Crippen LogP contribution is -2.19. The summed E-state index contributed by atoms with van der Waals surface area (Å²) < 4.78 is 49.3. The minimum atomic E-state index is -3.66. The summed E-state index contributed by atoms with van der Waals surface area (Å²) in [5, 5.41) is 3.81. The molecule has 0 atom stereocenters. The standard InChI is InChI=1S/C28H25BrClFN2O4S/c1-32-28(34)26-21-14-20(17-5-6-17)24(15-25(21)37-27(26)18-7-9-19(31)10-8-18)33-38(35,36)12-2-3-16-4-11-22(29)23(30)13-16/h4,7-11,13-15,17,33H,2-3,5-6,12H2,1H3,(H,32,34). The summed E-state index contributed by atoms with van der Waals surface area (Å²) in [5.41, 5.74) is 3.49. The summed E-state index contributed by atoms with van der Waals surface area (Å²) in [6, 6.07) is 14.8. The Morgan fingerprint density at radius 2 is 1.87 bits per heavy atom. The predicted molar refractivity (Wildman–Crippen MR) is 152 cm³/mol. The van der Waals surface area contributed by atoms with Gasteiger partial charge < -0.3 is 9.73 Å². The zero-order chi connectivity index (χ0) is 27.0. The van der Waals surface area contributed by atoms with Crippen molar-refractivity contribution in [2.45, 2.75) is 31.6 Å². The van der Waals surface area contributed by atoms with Crippen molar-refractivity contribution in [2.24, 2.45) is 0 Å². The summed E-state index contributed by atoms with van der Waals surface area (Å²) in [5.74, 6) is -0.308. The second kappa shape index (κ2) is 10.7. The van der Waals surface area contributed by atoms with Gasteiger partial charge in [0.25, 0.3) is 5.91 Å². The largest absolute Gasteiger partial charge is 0.455 e. The quantitative estimate of drug-likeness (QED) is 0.206. The maximum absolute atomic E-state index is 13.5. The lowest BCUT2D eigenvalue weighted by atomic mass is 10.0. The first-order valence-electron chi connectivity index (χ1n) is 12.2. The van der Waals surface area contributed by atoms with Gasteiger partial charge in [-0.3, -0.25) is 9.52 Å². The maximum Gasteiger partial charge on any atom is 0.255 e. The van der Waals surface area contributed by atoms with Crippen LogP contribution < -0.4 is 10.0 Å². The highest BCUT2D eigenvalue weighted by molar-refractivity contribution is 9.10. The van der Waals surface area contributed by atoms with E-state index in [-0.39, 0.29) is 17.6 Å². The SMILES string of the molecule is CNC(=O)c1c(-c2ccc(F)cc2)oc2cc(NS(=O)(=O)CCCc3ccc(Br)c(Cl)c3)c(C3CC3)cc12. The van der Waals surface area contributed by atoms with Gasteiger partial charge in [-0.05, 0) is 101 Å². The molecule has 6 nitrogen and oxygen atoms in total. The number of sulfonamides is 1. The Morgan fingerprint density at radius 3 is 2.53 bits per heavy atom. The summed E-state index contributed by atoms with van der Waals surface area (Å²) >= 11 is 9.51. The van der Waals surface area contributed by atoms with E-state index in [0.29, 0.717) is 51.4 Å². The minimum Gasteiger partial charge on any atom is -0.455 e. The summed E-state index contributed by atoms with van der Waals surface area (Å²) in [7, 11) is -2.13. The summed E-state index contributed by atoms with van der Waals surface area (Å²) in [6.45, 7) is 0. The van der Waals surface area contributed by atoms with Crippen molar-refractivity contribution < 1.29 is 22.0 Å². The number of carbonyl (C=O) groups excluding carboxylic acids is 1. The molecule has 1 heterocycles. The van der Waals surface area contributed by atoms with Crippen molar-refractivity contribution in [3.8, 4) is 11.3 Å². The van der Waals surface area contributed by atoms with Crippen LogP contribution in [0.3, 0.4) is 0 Å². The number of rotatable bonds is 9. The number of halogens is 3. The maximum atomic E-state index is 13.5. The van der Waals surface area contributed by atoms with E-state index >= 15 is 0 Å². The van der Waals surface area contributed by atoms with Crippen LogP contribution >= 0.6 is 27.5 Å². The van der Waals surface area contributed by atoms with Crippen molar-refractivity contribution in [3.63, 3.8) is 0 Å². The van der Waals surface area contributed by atoms with Crippen LogP contribution in [0.1, 0.15) is 46.7 Å². The van der Waals surface area contributed by atoms with E-state index in [0.717, 1.165) is 28.4 Å². The van der Waals surface area contributed by atoms with Crippen molar-refractivity contribution in [3.05, 3.63) is 86.6 Å². The average molecular weight is 620 g/mol. The van der Waals surface area contributed by atoms with E-state index in [1.807, 2.05) is 24.3 Å². The Kier molecular flexibility index (Phi) is 7.53. The zero-order valence-corrected chi connectivity index (χ0v) is 23.6. The molecule has 3 aromatic carbocycles. The normalized spacial score (nSPS) is 13.6. The van der Waals surface area contributed by atoms with E-state index in [2.05, 4.69) is 26.0 Å². The van der Waals surface area contributed by atoms with Crippen molar-refractivity contribution >= 4 is 60.1 Å². The number of nitrogens with one attached hydrogen (secondary N) is 2. The molecule has 0 saturated heterocycles. The summed E-state index contributed by atoms with van der Waals surface area (Å²) in [6.07, 6.45) is 2.85. The molecular weight excluding hydrogens is 595 g/mol. The van der Waals surface area contributed by atoms with Gasteiger partial charge in [0.2, 0.25) is 10.0 Å². The van der Waals surface area contributed by atoms with Crippen LogP contribution in [-0.2, 0) is 16.4 Å². The van der Waals surface area contributed by atoms with Crippen molar-refractivity contribution in [1.29, 1.82) is 0 Å². The first-order chi connectivity index (χ1) is 18.1. The van der Waals surface area contributed by atoms with Crippen molar-refractivity contribution in [2.75, 3.05) is 17.5 Å². The molecule has 1 aliphatic carbocycles. The third-order valence-electron chi connectivity index (χ3n) is 6.57. The molecule has 10 heteroatoms. The second-order valence-electron chi connectivity index (χ2n) is 9.38. The number of fused-ring (bicyclic) bond motifs is 1. The Bertz CT molecular complexity index is 1630. The predicted octanol–water partition coefficient (Wildman–Crippen LogP) is 7.27. The number of hydrogen-bond acceptors (Lipinski definition) is 4. The van der Waals surface area contributed by atoms with E-state index in [9.17, 15) is 17.6 Å². The van der Waals surface area contributed by atoms with Gasteiger partial charge in [-0.1, -0.05) is 17.7 Å². The molecule has 4 aromatic rings. The number of aryl methyl sites for hydroxylation is 1. The molecule has 0 spiro atoms. The molecule has 38 heavy (non-hydrogen) atoms. The number of amides is 1. The molecule has 0 unspecified atom stereocenters. The van der Waals surface area contributed by atoms with Gasteiger partial charge in [0.15, 0.2) is 0 Å². The van der Waals surface area contributed by atoms with Gasteiger partial charge in [0, 0.05) is 28.5 Å². The molecule has 1 aromatic heterocycles. The van der Waals surface area contributed by atoms with Crippen LogP contribution in [0.4, 0.5) is 10.1 Å². The van der Waals surface area contributed by atoms with Gasteiger partial charge in [0.05, 0.1) is 22.0 Å². The second-order valence-corrected chi connectivity index (χ2v) is 12.5. The fraction of sp³-hybridized carbons (Fsp3) is 0.250. The van der Waals surface area contributed by atoms with E-state index in [1.165, 1.54) is 19.2 Å². The molecule has 1 amide bonds.